The first kappa shape index (κ1) is 17.8. The fourth-order valence-corrected chi connectivity index (χ4v) is 2.84. The van der Waals surface area contributed by atoms with Gasteiger partial charge < -0.3 is 24.8 Å². The molecule has 136 valence electrons. The number of aromatic nitrogens is 3. The zero-order valence-corrected chi connectivity index (χ0v) is 13.9. The van der Waals surface area contributed by atoms with Crippen LogP contribution in [0.1, 0.15) is 13.2 Å². The molecule has 2 aromatic heterocycles. The molecule has 3 rings (SSSR count). The molecule has 1 fully saturated rings. The van der Waals surface area contributed by atoms with Gasteiger partial charge in [-0.3, -0.25) is 9.88 Å². The van der Waals surface area contributed by atoms with Crippen LogP contribution in [0.2, 0.25) is 5.02 Å². The number of anilines is 1. The molecule has 0 bridgehead atoms. The highest BCUT2D eigenvalue weighted by Gasteiger charge is 2.44. The largest absolute Gasteiger partial charge is 0.450 e. The number of carbonyl (C=O) groups is 1. The standard InChI is InChI=1S/C14H17ClN4O6/c1-2-24-14(23)18-8-3-6(15)9-12(17-8)19(5-16-9)13-11(22)10(21)7(4-20)25-13/h3,5,7,10-11,13,20-22H,2,4H2,1H3,(H,17,18,23)/t7-,10-,11-,13-/m1/s1. The second-order valence-corrected chi connectivity index (χ2v) is 5.79. The van der Waals surface area contributed by atoms with Gasteiger partial charge in [-0.15, -0.1) is 0 Å². The van der Waals surface area contributed by atoms with Gasteiger partial charge in [0.1, 0.15) is 29.6 Å². The number of fused-ring (bicyclic) bond motifs is 1. The molecular weight excluding hydrogens is 356 g/mol. The topological polar surface area (TPSA) is 139 Å². The lowest BCUT2D eigenvalue weighted by atomic mass is 10.1. The van der Waals surface area contributed by atoms with Crippen molar-refractivity contribution in [2.24, 2.45) is 0 Å². The van der Waals surface area contributed by atoms with E-state index in [-0.39, 0.29) is 23.1 Å². The molecule has 1 aliphatic rings. The van der Waals surface area contributed by atoms with Crippen LogP contribution in [-0.4, -0.2) is 67.5 Å². The predicted molar refractivity (Wildman–Crippen MR) is 86.2 cm³/mol. The van der Waals surface area contributed by atoms with E-state index >= 15 is 0 Å². The van der Waals surface area contributed by atoms with Crippen LogP contribution in [0.3, 0.4) is 0 Å². The van der Waals surface area contributed by atoms with E-state index in [0.29, 0.717) is 5.52 Å². The fraction of sp³-hybridized carbons (Fsp3) is 0.500. The summed E-state index contributed by atoms with van der Waals surface area (Å²) in [6.07, 6.45) is -3.85. The van der Waals surface area contributed by atoms with Crippen molar-refractivity contribution in [2.45, 2.75) is 31.5 Å². The summed E-state index contributed by atoms with van der Waals surface area (Å²) in [6, 6.07) is 1.41. The number of imidazole rings is 1. The van der Waals surface area contributed by atoms with Crippen LogP contribution in [0.15, 0.2) is 12.4 Å². The fourth-order valence-electron chi connectivity index (χ4n) is 2.60. The maximum Gasteiger partial charge on any atom is 0.412 e. The van der Waals surface area contributed by atoms with E-state index in [4.69, 9.17) is 21.1 Å². The van der Waals surface area contributed by atoms with Gasteiger partial charge in [-0.1, -0.05) is 11.6 Å². The third kappa shape index (κ3) is 3.26. The van der Waals surface area contributed by atoms with Gasteiger partial charge in [-0.2, -0.15) is 0 Å². The SMILES string of the molecule is CCOC(=O)Nc1cc(Cl)c2ncn([C@@H]3O[C@H](CO)[C@@H](O)[C@H]3O)c2n1. The summed E-state index contributed by atoms with van der Waals surface area (Å²) >= 11 is 6.16. The number of hydrogen-bond donors (Lipinski definition) is 4. The molecule has 0 saturated carbocycles. The van der Waals surface area contributed by atoms with Gasteiger partial charge >= 0.3 is 6.09 Å². The van der Waals surface area contributed by atoms with Gasteiger partial charge in [0.15, 0.2) is 11.9 Å². The predicted octanol–water partition coefficient (Wildman–Crippen LogP) is 0.265. The number of nitrogens with one attached hydrogen (secondary N) is 1. The Hall–Kier alpha value is -1.98. The number of ether oxygens (including phenoxy) is 2. The maximum absolute atomic E-state index is 11.6. The third-order valence-corrected chi connectivity index (χ3v) is 4.07. The molecule has 3 heterocycles. The summed E-state index contributed by atoms with van der Waals surface area (Å²) in [4.78, 5) is 19.9. The van der Waals surface area contributed by atoms with Crippen LogP contribution in [0.25, 0.3) is 11.2 Å². The Morgan fingerprint density at radius 3 is 2.88 bits per heavy atom. The molecule has 0 aromatic carbocycles. The molecule has 0 radical (unpaired) electrons. The molecule has 25 heavy (non-hydrogen) atoms. The molecule has 0 unspecified atom stereocenters. The number of pyridine rings is 1. The molecule has 1 saturated heterocycles. The lowest BCUT2D eigenvalue weighted by Crippen LogP contribution is -2.33. The Labute approximate surface area is 147 Å². The second kappa shape index (κ2) is 7.10. The van der Waals surface area contributed by atoms with Gasteiger partial charge in [0.25, 0.3) is 0 Å². The van der Waals surface area contributed by atoms with Gasteiger partial charge in [0.2, 0.25) is 0 Å². The van der Waals surface area contributed by atoms with Crippen LogP contribution in [0, 0.1) is 0 Å². The molecule has 2 aromatic rings. The number of amides is 1. The minimum Gasteiger partial charge on any atom is -0.450 e. The summed E-state index contributed by atoms with van der Waals surface area (Å²) in [5.74, 6) is 0.129. The van der Waals surface area contributed by atoms with Crippen LogP contribution in [0.5, 0.6) is 0 Å². The van der Waals surface area contributed by atoms with Crippen molar-refractivity contribution in [2.75, 3.05) is 18.5 Å². The number of aliphatic hydroxyl groups is 3. The molecular formula is C14H17ClN4O6. The van der Waals surface area contributed by atoms with E-state index in [2.05, 4.69) is 15.3 Å². The van der Waals surface area contributed by atoms with Crippen LogP contribution >= 0.6 is 11.6 Å². The Morgan fingerprint density at radius 2 is 2.24 bits per heavy atom. The number of hydrogen-bond acceptors (Lipinski definition) is 8. The summed E-state index contributed by atoms with van der Waals surface area (Å²) in [7, 11) is 0. The minimum atomic E-state index is -1.29. The maximum atomic E-state index is 11.6. The lowest BCUT2D eigenvalue weighted by molar-refractivity contribution is -0.0511. The summed E-state index contributed by atoms with van der Waals surface area (Å²) < 4.78 is 11.6. The Morgan fingerprint density at radius 1 is 1.48 bits per heavy atom. The average molecular weight is 373 g/mol. The highest BCUT2D eigenvalue weighted by molar-refractivity contribution is 6.35. The zero-order chi connectivity index (χ0) is 18.1. The van der Waals surface area contributed by atoms with Crippen LogP contribution < -0.4 is 5.32 Å². The van der Waals surface area contributed by atoms with Gasteiger partial charge in [-0.25, -0.2) is 14.8 Å². The highest BCUT2D eigenvalue weighted by atomic mass is 35.5. The number of aliphatic hydroxyl groups excluding tert-OH is 3. The summed E-state index contributed by atoms with van der Waals surface area (Å²) in [6.45, 7) is 1.41. The normalized spacial score (nSPS) is 26.1. The lowest BCUT2D eigenvalue weighted by Gasteiger charge is -2.16. The molecule has 0 spiro atoms. The monoisotopic (exact) mass is 372 g/mol. The van der Waals surface area contributed by atoms with Crippen molar-refractivity contribution in [1.82, 2.24) is 14.5 Å². The van der Waals surface area contributed by atoms with Crippen molar-refractivity contribution < 1.29 is 29.6 Å². The molecule has 1 amide bonds. The summed E-state index contributed by atoms with van der Waals surface area (Å²) in [5.41, 5.74) is 0.558. The van der Waals surface area contributed by atoms with E-state index < -0.39 is 37.2 Å². The second-order valence-electron chi connectivity index (χ2n) is 5.39. The first-order valence-electron chi connectivity index (χ1n) is 7.55. The first-order chi connectivity index (χ1) is 12.0. The number of halogens is 1. The van der Waals surface area contributed by atoms with E-state index in [1.165, 1.54) is 17.0 Å². The molecule has 11 heteroatoms. The summed E-state index contributed by atoms with van der Waals surface area (Å²) in [5, 5.41) is 31.9. The van der Waals surface area contributed by atoms with Crippen molar-refractivity contribution in [3.05, 3.63) is 17.4 Å². The van der Waals surface area contributed by atoms with Crippen molar-refractivity contribution in [3.63, 3.8) is 0 Å². The van der Waals surface area contributed by atoms with Gasteiger partial charge in [-0.05, 0) is 6.92 Å². The number of carbonyl (C=O) groups excluding carboxylic acids is 1. The molecule has 0 aliphatic carbocycles. The minimum absolute atomic E-state index is 0.129. The highest BCUT2D eigenvalue weighted by Crippen LogP contribution is 2.33. The first-order valence-corrected chi connectivity index (χ1v) is 7.93. The Balaban J connectivity index is 1.97. The van der Waals surface area contributed by atoms with E-state index in [0.717, 1.165) is 0 Å². The Bertz CT molecular complexity index is 784. The van der Waals surface area contributed by atoms with Crippen molar-refractivity contribution in [3.8, 4) is 0 Å². The van der Waals surface area contributed by atoms with Crippen LogP contribution in [0.4, 0.5) is 10.6 Å². The van der Waals surface area contributed by atoms with E-state index in [1.54, 1.807) is 6.92 Å². The van der Waals surface area contributed by atoms with Crippen LogP contribution in [-0.2, 0) is 9.47 Å². The van der Waals surface area contributed by atoms with Crippen molar-refractivity contribution >= 4 is 34.7 Å². The smallest absolute Gasteiger partial charge is 0.412 e. The molecule has 4 N–H and O–H groups in total. The van der Waals surface area contributed by atoms with E-state index in [9.17, 15) is 20.1 Å². The molecule has 10 nitrogen and oxygen atoms in total. The third-order valence-electron chi connectivity index (χ3n) is 3.78. The Kier molecular flexibility index (Phi) is 5.06. The number of rotatable bonds is 4. The van der Waals surface area contributed by atoms with Gasteiger partial charge in [0, 0.05) is 6.07 Å². The van der Waals surface area contributed by atoms with E-state index in [1.807, 2.05) is 0 Å². The molecule has 1 aliphatic heterocycles. The van der Waals surface area contributed by atoms with Gasteiger partial charge in [0.05, 0.1) is 24.6 Å². The quantitative estimate of drug-likeness (QED) is 0.599. The number of nitrogens with zero attached hydrogens (tertiary/aromatic N) is 3. The van der Waals surface area contributed by atoms with Crippen molar-refractivity contribution in [1.29, 1.82) is 0 Å². The zero-order valence-electron chi connectivity index (χ0n) is 13.2. The molecule has 4 atom stereocenters. The average Bonchev–Trinajstić information content (AvgIpc) is 3.10.